The molecule has 0 heterocycles. The van der Waals surface area contributed by atoms with Gasteiger partial charge in [0.25, 0.3) is 10.0 Å². The minimum atomic E-state index is -4.29. The average molecular weight is 507 g/mol. The first-order chi connectivity index (χ1) is 16.1. The highest BCUT2D eigenvalue weighted by molar-refractivity contribution is 7.92. The molecule has 0 aromatic heterocycles. The molecule has 3 aromatic carbocycles. The molecule has 2 N–H and O–H groups in total. The van der Waals surface area contributed by atoms with E-state index in [-0.39, 0.29) is 22.8 Å². The molecule has 0 fully saturated rings. The molecule has 0 radical (unpaired) electrons. The number of methoxy groups -OCH3 is 2. The van der Waals surface area contributed by atoms with Crippen LogP contribution in [0.2, 0.25) is 5.02 Å². The largest absolute Gasteiger partial charge is 0.493 e. The minimum absolute atomic E-state index is 0.0418. The molecule has 0 aliphatic rings. The summed E-state index contributed by atoms with van der Waals surface area (Å²) in [5.41, 5.74) is 7.16. The summed E-state index contributed by atoms with van der Waals surface area (Å²) < 4.78 is 53.1. The molecule has 7 nitrogen and oxygen atoms in total. The molecular weight excluding hydrogens is 483 g/mol. The SMILES string of the molecule is COc1ccc(S(=O)(=O)N(CC(N)=O)c2ccc(Cl)cc2Cc2cc(C)ccc2F)cc1OC. The number of ether oxygens (including phenoxy) is 2. The predicted molar refractivity (Wildman–Crippen MR) is 129 cm³/mol. The lowest BCUT2D eigenvalue weighted by Gasteiger charge is -2.26. The summed E-state index contributed by atoms with van der Waals surface area (Å²) >= 11 is 6.18. The molecule has 0 saturated carbocycles. The van der Waals surface area contributed by atoms with Gasteiger partial charge < -0.3 is 15.2 Å². The summed E-state index contributed by atoms with van der Waals surface area (Å²) in [7, 11) is -1.49. The van der Waals surface area contributed by atoms with Crippen molar-refractivity contribution in [2.75, 3.05) is 25.1 Å². The number of benzene rings is 3. The van der Waals surface area contributed by atoms with Crippen molar-refractivity contribution in [3.8, 4) is 11.5 Å². The third-order valence-corrected chi connectivity index (χ3v) is 7.13. The van der Waals surface area contributed by atoms with Gasteiger partial charge in [-0.05, 0) is 54.4 Å². The summed E-state index contributed by atoms with van der Waals surface area (Å²) in [5, 5.41) is 0.328. The molecule has 180 valence electrons. The van der Waals surface area contributed by atoms with Gasteiger partial charge in [-0.3, -0.25) is 9.10 Å². The van der Waals surface area contributed by atoms with Crippen LogP contribution in [0.25, 0.3) is 0 Å². The van der Waals surface area contributed by atoms with Gasteiger partial charge in [0.2, 0.25) is 5.91 Å². The van der Waals surface area contributed by atoms with E-state index >= 15 is 0 Å². The predicted octanol–water partition coefficient (Wildman–Crippen LogP) is 4.08. The van der Waals surface area contributed by atoms with E-state index in [1.807, 2.05) is 6.92 Å². The van der Waals surface area contributed by atoms with Gasteiger partial charge in [-0.25, -0.2) is 12.8 Å². The van der Waals surface area contributed by atoms with Crippen LogP contribution in [-0.2, 0) is 21.2 Å². The molecule has 3 rings (SSSR count). The third kappa shape index (κ3) is 5.43. The van der Waals surface area contributed by atoms with Gasteiger partial charge in [-0.15, -0.1) is 0 Å². The Hall–Kier alpha value is -3.30. The van der Waals surface area contributed by atoms with Crippen molar-refractivity contribution in [3.05, 3.63) is 82.1 Å². The lowest BCUT2D eigenvalue weighted by Crippen LogP contribution is -2.39. The lowest BCUT2D eigenvalue weighted by molar-refractivity contribution is -0.116. The standard InChI is InChI=1S/C24H24ClFN2O5S/c1-15-4-7-20(26)16(10-15)11-17-12-18(25)5-8-21(17)28(14-24(27)29)34(30,31)19-6-9-22(32-2)23(13-19)33-3/h4-10,12-13H,11,14H2,1-3H3,(H2,27,29). The van der Waals surface area contributed by atoms with Gasteiger partial charge in [-0.2, -0.15) is 0 Å². The van der Waals surface area contributed by atoms with Gasteiger partial charge in [0.05, 0.1) is 24.8 Å². The van der Waals surface area contributed by atoms with Gasteiger partial charge >= 0.3 is 0 Å². The molecular formula is C24H24ClFN2O5S. The fourth-order valence-corrected chi connectivity index (χ4v) is 5.21. The normalized spacial score (nSPS) is 11.2. The van der Waals surface area contributed by atoms with Crippen LogP contribution in [0.5, 0.6) is 11.5 Å². The van der Waals surface area contributed by atoms with Gasteiger partial charge in [0.1, 0.15) is 12.4 Å². The molecule has 0 unspecified atom stereocenters. The van der Waals surface area contributed by atoms with E-state index < -0.39 is 28.3 Å². The van der Waals surface area contributed by atoms with E-state index in [0.717, 1.165) is 9.87 Å². The highest BCUT2D eigenvalue weighted by atomic mass is 35.5. The van der Waals surface area contributed by atoms with Crippen LogP contribution in [0.4, 0.5) is 10.1 Å². The molecule has 34 heavy (non-hydrogen) atoms. The second kappa shape index (κ2) is 10.3. The molecule has 10 heteroatoms. The number of nitrogens with zero attached hydrogens (tertiary/aromatic N) is 1. The third-order valence-electron chi connectivity index (χ3n) is 5.13. The molecule has 0 aliphatic carbocycles. The van der Waals surface area contributed by atoms with E-state index in [2.05, 4.69) is 0 Å². The second-order valence-electron chi connectivity index (χ2n) is 7.54. The van der Waals surface area contributed by atoms with Crippen LogP contribution >= 0.6 is 11.6 Å². The Balaban J connectivity index is 2.17. The van der Waals surface area contributed by atoms with Crippen LogP contribution in [0.15, 0.2) is 59.5 Å². The topological polar surface area (TPSA) is 98.9 Å². The van der Waals surface area contributed by atoms with Crippen LogP contribution in [0.3, 0.4) is 0 Å². The summed E-state index contributed by atoms with van der Waals surface area (Å²) in [4.78, 5) is 11.8. The number of rotatable bonds is 9. The van der Waals surface area contributed by atoms with E-state index in [1.54, 1.807) is 12.1 Å². The highest BCUT2D eigenvalue weighted by Gasteiger charge is 2.29. The smallest absolute Gasteiger partial charge is 0.264 e. The zero-order valence-electron chi connectivity index (χ0n) is 18.8. The minimum Gasteiger partial charge on any atom is -0.493 e. The molecule has 0 aliphatic heterocycles. The molecule has 0 atom stereocenters. The summed E-state index contributed by atoms with van der Waals surface area (Å²) in [6, 6.07) is 13.2. The zero-order chi connectivity index (χ0) is 25.0. The fourth-order valence-electron chi connectivity index (χ4n) is 3.53. The number of carbonyl (C=O) groups is 1. The molecule has 0 saturated heterocycles. The summed E-state index contributed by atoms with van der Waals surface area (Å²) in [5.74, 6) is -0.779. The van der Waals surface area contributed by atoms with Crippen LogP contribution in [0.1, 0.15) is 16.7 Å². The van der Waals surface area contributed by atoms with Crippen molar-refractivity contribution in [1.82, 2.24) is 0 Å². The summed E-state index contributed by atoms with van der Waals surface area (Å²) in [6.45, 7) is 1.18. The number of hydrogen-bond donors (Lipinski definition) is 1. The Kier molecular flexibility index (Phi) is 7.68. The maximum absolute atomic E-state index is 14.5. The molecule has 3 aromatic rings. The quantitative estimate of drug-likeness (QED) is 0.471. The Labute approximate surface area is 202 Å². The number of nitrogens with two attached hydrogens (primary N) is 1. The van der Waals surface area contributed by atoms with Crippen molar-refractivity contribution in [2.24, 2.45) is 5.73 Å². The van der Waals surface area contributed by atoms with Crippen molar-refractivity contribution in [1.29, 1.82) is 0 Å². The molecule has 0 bridgehead atoms. The van der Waals surface area contributed by atoms with Crippen LogP contribution in [0, 0.1) is 12.7 Å². The molecule has 1 amide bonds. The number of aryl methyl sites for hydroxylation is 1. The van der Waals surface area contributed by atoms with Crippen molar-refractivity contribution < 1.29 is 27.1 Å². The number of amides is 1. The number of primary amides is 1. The molecule has 0 spiro atoms. The van der Waals surface area contributed by atoms with E-state index in [1.165, 1.54) is 56.7 Å². The first kappa shape index (κ1) is 25.3. The van der Waals surface area contributed by atoms with Crippen molar-refractivity contribution >= 4 is 33.2 Å². The number of hydrogen-bond acceptors (Lipinski definition) is 5. The summed E-state index contributed by atoms with van der Waals surface area (Å²) in [6.07, 6.45) is 0.0418. The van der Waals surface area contributed by atoms with Crippen molar-refractivity contribution in [3.63, 3.8) is 0 Å². The number of halogens is 2. The van der Waals surface area contributed by atoms with E-state index in [4.69, 9.17) is 26.8 Å². The Bertz CT molecular complexity index is 1330. The van der Waals surface area contributed by atoms with Crippen molar-refractivity contribution in [2.45, 2.75) is 18.2 Å². The monoisotopic (exact) mass is 506 g/mol. The lowest BCUT2D eigenvalue weighted by atomic mass is 10.0. The second-order valence-corrected chi connectivity index (χ2v) is 9.84. The highest BCUT2D eigenvalue weighted by Crippen LogP contribution is 2.35. The Morgan fingerprint density at radius 3 is 2.35 bits per heavy atom. The number of sulfonamides is 1. The van der Waals surface area contributed by atoms with Gasteiger partial charge in [0, 0.05) is 17.5 Å². The maximum atomic E-state index is 14.5. The van der Waals surface area contributed by atoms with Gasteiger partial charge in [0.15, 0.2) is 11.5 Å². The van der Waals surface area contributed by atoms with Gasteiger partial charge in [-0.1, -0.05) is 29.3 Å². The van der Waals surface area contributed by atoms with Crippen LogP contribution in [-0.4, -0.2) is 35.1 Å². The Morgan fingerprint density at radius 1 is 1.00 bits per heavy atom. The number of anilines is 1. The number of carbonyl (C=O) groups excluding carboxylic acids is 1. The van der Waals surface area contributed by atoms with Crippen LogP contribution < -0.4 is 19.5 Å². The zero-order valence-corrected chi connectivity index (χ0v) is 20.4. The van der Waals surface area contributed by atoms with E-state index in [0.29, 0.717) is 21.9 Å². The first-order valence-corrected chi connectivity index (χ1v) is 11.9. The Morgan fingerprint density at radius 2 is 1.71 bits per heavy atom. The average Bonchev–Trinajstić information content (AvgIpc) is 2.79. The first-order valence-electron chi connectivity index (χ1n) is 10.1. The maximum Gasteiger partial charge on any atom is 0.264 e. The van der Waals surface area contributed by atoms with E-state index in [9.17, 15) is 17.6 Å². The fraction of sp³-hybridized carbons (Fsp3) is 0.208.